The molecular formula is C15H13ClN2O2. The number of amides is 2. The summed E-state index contributed by atoms with van der Waals surface area (Å²) in [4.78, 5) is 23.5. The van der Waals surface area contributed by atoms with Gasteiger partial charge in [-0.2, -0.15) is 0 Å². The first-order valence-electron chi connectivity index (χ1n) is 6.04. The molecule has 0 bridgehead atoms. The van der Waals surface area contributed by atoms with Crippen LogP contribution in [0.15, 0.2) is 54.6 Å². The lowest BCUT2D eigenvalue weighted by atomic mass is 10.2. The number of carbonyl (C=O) groups excluding carboxylic acids is 2. The van der Waals surface area contributed by atoms with E-state index in [0.717, 1.165) is 0 Å². The minimum absolute atomic E-state index is 0.112. The van der Waals surface area contributed by atoms with Crippen LogP contribution < -0.4 is 10.6 Å². The maximum atomic E-state index is 11.8. The first kappa shape index (κ1) is 14.1. The molecule has 0 saturated heterocycles. The van der Waals surface area contributed by atoms with E-state index in [1.807, 2.05) is 18.2 Å². The molecule has 2 aromatic carbocycles. The second-order valence-electron chi connectivity index (χ2n) is 4.08. The Morgan fingerprint density at radius 3 is 2.30 bits per heavy atom. The van der Waals surface area contributed by atoms with Gasteiger partial charge in [-0.3, -0.25) is 9.59 Å². The second-order valence-corrected chi connectivity index (χ2v) is 4.48. The largest absolute Gasteiger partial charge is 0.343 e. The molecule has 0 unspecified atom stereocenters. The second kappa shape index (κ2) is 6.73. The number of halogens is 1. The monoisotopic (exact) mass is 288 g/mol. The molecule has 2 rings (SSSR count). The number of para-hydroxylation sites is 1. The van der Waals surface area contributed by atoms with Gasteiger partial charge in [0, 0.05) is 5.69 Å². The third-order valence-electron chi connectivity index (χ3n) is 2.59. The summed E-state index contributed by atoms with van der Waals surface area (Å²) in [6.45, 7) is -0.112. The topological polar surface area (TPSA) is 58.2 Å². The van der Waals surface area contributed by atoms with E-state index in [1.54, 1.807) is 36.4 Å². The van der Waals surface area contributed by atoms with Gasteiger partial charge in [0.1, 0.15) is 0 Å². The van der Waals surface area contributed by atoms with Crippen LogP contribution >= 0.6 is 11.6 Å². The van der Waals surface area contributed by atoms with Crippen LogP contribution in [-0.4, -0.2) is 18.4 Å². The smallest absolute Gasteiger partial charge is 0.253 e. The summed E-state index contributed by atoms with van der Waals surface area (Å²) in [5, 5.41) is 5.56. The van der Waals surface area contributed by atoms with E-state index < -0.39 is 0 Å². The Hall–Kier alpha value is -2.33. The lowest BCUT2D eigenvalue weighted by Gasteiger charge is -2.07. The highest BCUT2D eigenvalue weighted by molar-refractivity contribution is 6.33. The van der Waals surface area contributed by atoms with Crippen LogP contribution in [0.3, 0.4) is 0 Å². The van der Waals surface area contributed by atoms with Gasteiger partial charge in [-0.15, -0.1) is 0 Å². The van der Waals surface area contributed by atoms with Crippen molar-refractivity contribution in [3.63, 3.8) is 0 Å². The van der Waals surface area contributed by atoms with Gasteiger partial charge in [-0.05, 0) is 24.3 Å². The number of carbonyl (C=O) groups is 2. The Kier molecular flexibility index (Phi) is 4.74. The number of anilines is 1. The van der Waals surface area contributed by atoms with Crippen molar-refractivity contribution in [2.45, 2.75) is 0 Å². The number of rotatable bonds is 4. The average Bonchev–Trinajstić information content (AvgIpc) is 2.46. The van der Waals surface area contributed by atoms with Crippen LogP contribution in [0.25, 0.3) is 0 Å². The zero-order valence-corrected chi connectivity index (χ0v) is 11.4. The van der Waals surface area contributed by atoms with Crippen LogP contribution in [0, 0.1) is 0 Å². The van der Waals surface area contributed by atoms with Gasteiger partial charge in [-0.25, -0.2) is 0 Å². The standard InChI is InChI=1S/C15H13ClN2O2/c16-13-9-5-4-8-12(13)15(20)17-10-14(19)18-11-6-2-1-3-7-11/h1-9H,10H2,(H,17,20)(H,18,19). The molecule has 2 amide bonds. The quantitative estimate of drug-likeness (QED) is 0.909. The minimum Gasteiger partial charge on any atom is -0.343 e. The van der Waals surface area contributed by atoms with Crippen molar-refractivity contribution in [1.29, 1.82) is 0 Å². The van der Waals surface area contributed by atoms with Crippen LogP contribution in [0.5, 0.6) is 0 Å². The van der Waals surface area contributed by atoms with E-state index in [2.05, 4.69) is 10.6 Å². The summed E-state index contributed by atoms with van der Waals surface area (Å²) < 4.78 is 0. The molecule has 0 aliphatic rings. The van der Waals surface area contributed by atoms with E-state index in [0.29, 0.717) is 16.3 Å². The van der Waals surface area contributed by atoms with E-state index >= 15 is 0 Å². The van der Waals surface area contributed by atoms with Crippen molar-refractivity contribution in [3.8, 4) is 0 Å². The summed E-state index contributed by atoms with van der Waals surface area (Å²) in [5.41, 5.74) is 1.03. The fourth-order valence-electron chi connectivity index (χ4n) is 1.63. The summed E-state index contributed by atoms with van der Waals surface area (Å²) >= 11 is 5.90. The van der Waals surface area contributed by atoms with E-state index in [1.165, 1.54) is 0 Å². The number of hydrogen-bond donors (Lipinski definition) is 2. The van der Waals surface area contributed by atoms with Crippen LogP contribution in [0.2, 0.25) is 5.02 Å². The molecular weight excluding hydrogens is 276 g/mol. The van der Waals surface area contributed by atoms with Gasteiger partial charge in [0.15, 0.2) is 0 Å². The Morgan fingerprint density at radius 1 is 0.950 bits per heavy atom. The molecule has 102 valence electrons. The number of hydrogen-bond acceptors (Lipinski definition) is 2. The highest BCUT2D eigenvalue weighted by Crippen LogP contribution is 2.14. The fourth-order valence-corrected chi connectivity index (χ4v) is 1.85. The molecule has 0 heterocycles. The first-order valence-corrected chi connectivity index (χ1v) is 6.42. The Bertz CT molecular complexity index is 614. The normalized spacial score (nSPS) is 9.85. The lowest BCUT2D eigenvalue weighted by Crippen LogP contribution is -2.32. The van der Waals surface area contributed by atoms with E-state index in [-0.39, 0.29) is 18.4 Å². The molecule has 0 aliphatic heterocycles. The molecule has 0 saturated carbocycles. The third kappa shape index (κ3) is 3.83. The molecule has 0 spiro atoms. The molecule has 2 aromatic rings. The maximum Gasteiger partial charge on any atom is 0.253 e. The highest BCUT2D eigenvalue weighted by Gasteiger charge is 2.10. The van der Waals surface area contributed by atoms with Crippen molar-refractivity contribution in [1.82, 2.24) is 5.32 Å². The van der Waals surface area contributed by atoms with Crippen molar-refractivity contribution < 1.29 is 9.59 Å². The van der Waals surface area contributed by atoms with Crippen molar-refractivity contribution in [3.05, 3.63) is 65.2 Å². The number of benzene rings is 2. The summed E-state index contributed by atoms with van der Waals surface area (Å²) in [6.07, 6.45) is 0. The van der Waals surface area contributed by atoms with E-state index in [4.69, 9.17) is 11.6 Å². The van der Waals surface area contributed by atoms with Crippen LogP contribution in [0.4, 0.5) is 5.69 Å². The van der Waals surface area contributed by atoms with Gasteiger partial charge < -0.3 is 10.6 Å². The summed E-state index contributed by atoms with van der Waals surface area (Å²) in [7, 11) is 0. The SMILES string of the molecule is O=C(CNC(=O)c1ccccc1Cl)Nc1ccccc1. The average molecular weight is 289 g/mol. The minimum atomic E-state index is -0.376. The summed E-state index contributed by atoms with van der Waals surface area (Å²) in [6, 6.07) is 15.7. The maximum absolute atomic E-state index is 11.8. The van der Waals surface area contributed by atoms with Gasteiger partial charge in [0.25, 0.3) is 5.91 Å². The van der Waals surface area contributed by atoms with Crippen molar-refractivity contribution in [2.24, 2.45) is 0 Å². The number of nitrogens with one attached hydrogen (secondary N) is 2. The van der Waals surface area contributed by atoms with Crippen LogP contribution in [-0.2, 0) is 4.79 Å². The lowest BCUT2D eigenvalue weighted by molar-refractivity contribution is -0.115. The first-order chi connectivity index (χ1) is 9.66. The van der Waals surface area contributed by atoms with Gasteiger partial charge >= 0.3 is 0 Å². The highest BCUT2D eigenvalue weighted by atomic mass is 35.5. The zero-order valence-electron chi connectivity index (χ0n) is 10.6. The predicted octanol–water partition coefficient (Wildman–Crippen LogP) is 2.71. The fraction of sp³-hybridized carbons (Fsp3) is 0.0667. The van der Waals surface area contributed by atoms with Crippen molar-refractivity contribution >= 4 is 29.1 Å². The van der Waals surface area contributed by atoms with Gasteiger partial charge in [-0.1, -0.05) is 41.9 Å². The molecule has 0 radical (unpaired) electrons. The molecule has 5 heteroatoms. The van der Waals surface area contributed by atoms with Gasteiger partial charge in [0.2, 0.25) is 5.91 Å². The Morgan fingerprint density at radius 2 is 1.60 bits per heavy atom. The molecule has 0 atom stereocenters. The Balaban J connectivity index is 1.88. The summed E-state index contributed by atoms with van der Waals surface area (Å²) in [5.74, 6) is -0.671. The molecule has 20 heavy (non-hydrogen) atoms. The molecule has 2 N–H and O–H groups in total. The molecule has 0 aliphatic carbocycles. The van der Waals surface area contributed by atoms with Crippen LogP contribution in [0.1, 0.15) is 10.4 Å². The Labute approximate surface area is 121 Å². The van der Waals surface area contributed by atoms with Gasteiger partial charge in [0.05, 0.1) is 17.1 Å². The predicted molar refractivity (Wildman–Crippen MR) is 78.9 cm³/mol. The van der Waals surface area contributed by atoms with E-state index in [9.17, 15) is 9.59 Å². The molecule has 0 aromatic heterocycles. The third-order valence-corrected chi connectivity index (χ3v) is 2.92. The van der Waals surface area contributed by atoms with Crippen molar-refractivity contribution in [2.75, 3.05) is 11.9 Å². The molecule has 4 nitrogen and oxygen atoms in total. The zero-order chi connectivity index (χ0) is 14.4. The molecule has 0 fully saturated rings.